The molecular formula is C29H36N6O. The maximum atomic E-state index is 12.5. The predicted molar refractivity (Wildman–Crippen MR) is 146 cm³/mol. The third-order valence-electron chi connectivity index (χ3n) is 7.32. The van der Waals surface area contributed by atoms with E-state index in [-0.39, 0.29) is 0 Å². The van der Waals surface area contributed by atoms with Crippen LogP contribution in [0.25, 0.3) is 39.3 Å². The summed E-state index contributed by atoms with van der Waals surface area (Å²) in [7, 11) is 1.95. The number of unbranched alkanes of at least 4 members (excludes halogenated alkanes) is 1. The van der Waals surface area contributed by atoms with Crippen LogP contribution in [0, 0.1) is 11.8 Å². The number of primary amides is 1. The van der Waals surface area contributed by atoms with Crippen molar-refractivity contribution in [2.45, 2.75) is 52.5 Å². The molecule has 7 heteroatoms. The quantitative estimate of drug-likeness (QED) is 0.295. The topological polar surface area (TPSA) is 90.8 Å². The lowest BCUT2D eigenvalue weighted by molar-refractivity contribution is 0.100. The first kappa shape index (κ1) is 24.1. The number of aryl methyl sites for hydroxylation is 1. The van der Waals surface area contributed by atoms with Crippen LogP contribution in [0.2, 0.25) is 0 Å². The van der Waals surface area contributed by atoms with Gasteiger partial charge in [-0.2, -0.15) is 0 Å². The van der Waals surface area contributed by atoms with E-state index < -0.39 is 5.91 Å². The van der Waals surface area contributed by atoms with E-state index in [1.54, 1.807) is 0 Å². The van der Waals surface area contributed by atoms with E-state index in [1.807, 2.05) is 36.0 Å². The molecule has 3 N–H and O–H groups in total. The van der Waals surface area contributed by atoms with Gasteiger partial charge in [-0.05, 0) is 61.4 Å². The van der Waals surface area contributed by atoms with E-state index in [0.717, 1.165) is 57.9 Å². The van der Waals surface area contributed by atoms with E-state index >= 15 is 0 Å². The third kappa shape index (κ3) is 4.62. The van der Waals surface area contributed by atoms with Gasteiger partial charge in [0.15, 0.2) is 5.82 Å². The molecular weight excluding hydrogens is 448 g/mol. The molecule has 0 aliphatic heterocycles. The molecule has 1 fully saturated rings. The van der Waals surface area contributed by atoms with E-state index in [0.29, 0.717) is 17.4 Å². The van der Waals surface area contributed by atoms with E-state index in [1.165, 1.54) is 32.1 Å². The van der Waals surface area contributed by atoms with Crippen LogP contribution in [-0.2, 0) is 13.6 Å². The Kier molecular flexibility index (Phi) is 6.56. The molecule has 7 nitrogen and oxygen atoms in total. The number of carbonyl (C=O) groups is 1. The maximum absolute atomic E-state index is 12.5. The van der Waals surface area contributed by atoms with Gasteiger partial charge in [0, 0.05) is 43.0 Å². The minimum atomic E-state index is -0.472. The molecule has 1 aliphatic rings. The second-order valence-corrected chi connectivity index (χ2v) is 10.4. The van der Waals surface area contributed by atoms with E-state index in [4.69, 9.17) is 10.7 Å². The summed E-state index contributed by atoms with van der Waals surface area (Å²) in [4.78, 5) is 22.2. The molecule has 3 aromatic heterocycles. The van der Waals surface area contributed by atoms with Gasteiger partial charge < -0.3 is 20.2 Å². The van der Waals surface area contributed by atoms with Gasteiger partial charge in [-0.3, -0.25) is 4.79 Å². The van der Waals surface area contributed by atoms with Gasteiger partial charge in [-0.25, -0.2) is 9.97 Å². The SMILES string of the molecule is C=C(NC[C@H](C)CCCC)c1cc(C(N)=O)c2c(c1)nc(-c1cc3cccnc3n1CC1CC1)n2C. The Balaban J connectivity index is 1.56. The van der Waals surface area contributed by atoms with Gasteiger partial charge in [0.25, 0.3) is 5.91 Å². The van der Waals surface area contributed by atoms with Gasteiger partial charge in [0.1, 0.15) is 5.65 Å². The second kappa shape index (κ2) is 9.80. The number of nitrogens with two attached hydrogens (primary N) is 1. The molecule has 0 unspecified atom stereocenters. The first-order chi connectivity index (χ1) is 17.4. The van der Waals surface area contributed by atoms with Gasteiger partial charge in [-0.15, -0.1) is 0 Å². The minimum Gasteiger partial charge on any atom is -0.385 e. The van der Waals surface area contributed by atoms with Gasteiger partial charge in [0.2, 0.25) is 0 Å². The molecule has 0 spiro atoms. The van der Waals surface area contributed by atoms with Crippen LogP contribution >= 0.6 is 0 Å². The van der Waals surface area contributed by atoms with Crippen LogP contribution in [0.15, 0.2) is 43.1 Å². The molecule has 1 aromatic carbocycles. The number of fused-ring (bicyclic) bond motifs is 2. The molecule has 0 radical (unpaired) electrons. The normalized spacial score (nSPS) is 14.4. The lowest BCUT2D eigenvalue weighted by atomic mass is 10.0. The molecule has 3 heterocycles. The number of amides is 1. The van der Waals surface area contributed by atoms with Crippen LogP contribution in [0.1, 0.15) is 61.9 Å². The summed E-state index contributed by atoms with van der Waals surface area (Å²) < 4.78 is 4.26. The largest absolute Gasteiger partial charge is 0.385 e. The summed E-state index contributed by atoms with van der Waals surface area (Å²) in [5.74, 6) is 1.55. The van der Waals surface area contributed by atoms with Gasteiger partial charge >= 0.3 is 0 Å². The molecule has 1 saturated carbocycles. The Morgan fingerprint density at radius 3 is 2.83 bits per heavy atom. The first-order valence-corrected chi connectivity index (χ1v) is 13.0. The molecule has 1 aliphatic carbocycles. The second-order valence-electron chi connectivity index (χ2n) is 10.4. The number of aromatic nitrogens is 4. The highest BCUT2D eigenvalue weighted by atomic mass is 16.1. The average molecular weight is 485 g/mol. The molecule has 188 valence electrons. The Labute approximate surface area is 212 Å². The first-order valence-electron chi connectivity index (χ1n) is 13.0. The Hall–Kier alpha value is -3.61. The molecule has 4 aromatic rings. The zero-order valence-corrected chi connectivity index (χ0v) is 21.6. The van der Waals surface area contributed by atoms with Crippen molar-refractivity contribution >= 4 is 33.7 Å². The van der Waals surface area contributed by atoms with Crippen molar-refractivity contribution < 1.29 is 4.79 Å². The monoisotopic (exact) mass is 484 g/mol. The highest BCUT2D eigenvalue weighted by Gasteiger charge is 2.26. The van der Waals surface area contributed by atoms with E-state index in [9.17, 15) is 4.79 Å². The summed E-state index contributed by atoms with van der Waals surface area (Å²) >= 11 is 0. The van der Waals surface area contributed by atoms with Gasteiger partial charge in [-0.1, -0.05) is 33.3 Å². The Morgan fingerprint density at radius 2 is 2.11 bits per heavy atom. The summed E-state index contributed by atoms with van der Waals surface area (Å²) in [5.41, 5.74) is 11.4. The van der Waals surface area contributed by atoms with E-state index in [2.05, 4.69) is 47.4 Å². The maximum Gasteiger partial charge on any atom is 0.250 e. The number of nitrogens with zero attached hydrogens (tertiary/aromatic N) is 4. The lowest BCUT2D eigenvalue weighted by Crippen LogP contribution is -2.20. The van der Waals surface area contributed by atoms with Crippen molar-refractivity contribution in [2.75, 3.05) is 6.54 Å². The molecule has 0 saturated heterocycles. The fraction of sp³-hybridized carbons (Fsp3) is 0.414. The van der Waals surface area contributed by atoms with Crippen LogP contribution in [0.4, 0.5) is 0 Å². The highest BCUT2D eigenvalue weighted by molar-refractivity contribution is 6.06. The van der Waals surface area contributed by atoms with Crippen molar-refractivity contribution in [3.05, 3.63) is 54.2 Å². The zero-order valence-electron chi connectivity index (χ0n) is 21.6. The minimum absolute atomic E-state index is 0.453. The number of imidazole rings is 1. The number of carbonyl (C=O) groups excluding carboxylic acids is 1. The van der Waals surface area contributed by atoms with Crippen LogP contribution in [-0.4, -0.2) is 31.6 Å². The highest BCUT2D eigenvalue weighted by Crippen LogP contribution is 2.36. The number of rotatable bonds is 11. The summed E-state index contributed by atoms with van der Waals surface area (Å²) in [6.07, 6.45) is 7.92. The molecule has 5 rings (SSSR count). The molecule has 0 bridgehead atoms. The van der Waals surface area contributed by atoms with Crippen LogP contribution in [0.3, 0.4) is 0 Å². The molecule has 1 atom stereocenters. The predicted octanol–water partition coefficient (Wildman–Crippen LogP) is 5.49. The Bertz CT molecular complexity index is 1440. The fourth-order valence-electron chi connectivity index (χ4n) is 5.01. The third-order valence-corrected chi connectivity index (χ3v) is 7.32. The smallest absolute Gasteiger partial charge is 0.250 e. The van der Waals surface area contributed by atoms with Crippen LogP contribution < -0.4 is 11.1 Å². The number of nitrogens with one attached hydrogen (secondary N) is 1. The molecule has 1 amide bonds. The zero-order chi connectivity index (χ0) is 25.4. The standard InChI is InChI=1S/C29H36N6O/c1-5-6-8-18(2)16-32-19(3)22-13-23(27(30)36)26-24(14-22)33-29(34(26)4)25-15-21-9-7-12-31-28(21)35(25)17-20-10-11-20/h7,9,12-15,18,20,32H,3,5-6,8,10-11,16-17H2,1-2,4H3,(H2,30,36)/t18-/m1/s1. The van der Waals surface area contributed by atoms with Crippen molar-refractivity contribution in [3.8, 4) is 11.5 Å². The lowest BCUT2D eigenvalue weighted by Gasteiger charge is -2.16. The summed E-state index contributed by atoms with van der Waals surface area (Å²) in [5, 5.41) is 4.54. The number of hydrogen-bond acceptors (Lipinski definition) is 4. The van der Waals surface area contributed by atoms with Gasteiger partial charge in [0.05, 0.1) is 22.3 Å². The fourth-order valence-corrected chi connectivity index (χ4v) is 5.01. The summed E-state index contributed by atoms with van der Waals surface area (Å²) in [6, 6.07) is 10.0. The average Bonchev–Trinajstić information content (AvgIpc) is 3.54. The number of pyridine rings is 1. The van der Waals surface area contributed by atoms with Crippen molar-refractivity contribution in [1.82, 2.24) is 24.4 Å². The van der Waals surface area contributed by atoms with Crippen molar-refractivity contribution in [2.24, 2.45) is 24.6 Å². The Morgan fingerprint density at radius 1 is 1.31 bits per heavy atom. The number of benzene rings is 1. The summed E-state index contributed by atoms with van der Waals surface area (Å²) in [6.45, 7) is 10.5. The van der Waals surface area contributed by atoms with Crippen molar-refractivity contribution in [1.29, 1.82) is 0 Å². The van der Waals surface area contributed by atoms with Crippen molar-refractivity contribution in [3.63, 3.8) is 0 Å². The van der Waals surface area contributed by atoms with Crippen LogP contribution in [0.5, 0.6) is 0 Å². The number of hydrogen-bond donors (Lipinski definition) is 2. The molecule has 36 heavy (non-hydrogen) atoms.